The smallest absolute Gasteiger partial charge is 0.0724 e. The van der Waals surface area contributed by atoms with E-state index in [1.54, 1.807) is 0 Å². The molecule has 108 valence electrons. The van der Waals surface area contributed by atoms with Gasteiger partial charge in [0.1, 0.15) is 0 Å². The number of aryl methyl sites for hydroxylation is 2. The van der Waals surface area contributed by atoms with Crippen LogP contribution in [0.15, 0.2) is 18.2 Å². The molecule has 2 unspecified atom stereocenters. The predicted octanol–water partition coefficient (Wildman–Crippen LogP) is 3.64. The van der Waals surface area contributed by atoms with E-state index in [0.717, 1.165) is 25.8 Å². The molecule has 0 bridgehead atoms. The topological polar surface area (TPSA) is 21.3 Å². The summed E-state index contributed by atoms with van der Waals surface area (Å²) in [5.74, 6) is 0. The van der Waals surface area contributed by atoms with Crippen LogP contribution < -0.4 is 5.32 Å². The Bertz CT molecular complexity index is 351. The van der Waals surface area contributed by atoms with Gasteiger partial charge in [-0.15, -0.1) is 0 Å². The summed E-state index contributed by atoms with van der Waals surface area (Å²) >= 11 is 0. The maximum atomic E-state index is 5.65. The lowest BCUT2D eigenvalue weighted by Crippen LogP contribution is -2.43. The molecule has 0 saturated carbocycles. The lowest BCUT2D eigenvalue weighted by atomic mass is 9.93. The molecule has 2 nitrogen and oxygen atoms in total. The minimum atomic E-state index is 0.283. The van der Waals surface area contributed by atoms with Crippen LogP contribution in [0.1, 0.15) is 43.4 Å². The fourth-order valence-corrected chi connectivity index (χ4v) is 2.67. The van der Waals surface area contributed by atoms with E-state index in [4.69, 9.17) is 4.74 Å². The summed E-state index contributed by atoms with van der Waals surface area (Å²) in [5.41, 5.74) is 4.23. The third kappa shape index (κ3) is 4.63. The van der Waals surface area contributed by atoms with Crippen molar-refractivity contribution in [1.82, 2.24) is 5.32 Å². The second kappa shape index (κ2) is 8.34. The van der Waals surface area contributed by atoms with Gasteiger partial charge in [0, 0.05) is 13.2 Å². The van der Waals surface area contributed by atoms with Crippen molar-refractivity contribution in [3.8, 4) is 0 Å². The molecule has 0 fully saturated rings. The molecule has 0 spiro atoms. The van der Waals surface area contributed by atoms with Crippen LogP contribution in [0.4, 0.5) is 0 Å². The van der Waals surface area contributed by atoms with Crippen LogP contribution in [0.5, 0.6) is 0 Å². The van der Waals surface area contributed by atoms with Gasteiger partial charge in [-0.2, -0.15) is 0 Å². The Hall–Kier alpha value is -0.860. The third-order valence-electron chi connectivity index (χ3n) is 3.88. The highest BCUT2D eigenvalue weighted by Gasteiger charge is 2.20. The fraction of sp³-hybridized carbons (Fsp3) is 0.647. The van der Waals surface area contributed by atoms with Crippen molar-refractivity contribution < 1.29 is 4.74 Å². The molecule has 0 aliphatic carbocycles. The summed E-state index contributed by atoms with van der Waals surface area (Å²) in [6.07, 6.45) is 3.53. The Morgan fingerprint density at radius 2 is 1.79 bits per heavy atom. The van der Waals surface area contributed by atoms with Crippen molar-refractivity contribution in [3.05, 3.63) is 34.9 Å². The number of rotatable bonds is 8. The second-order valence-electron chi connectivity index (χ2n) is 5.32. The summed E-state index contributed by atoms with van der Waals surface area (Å²) in [6.45, 7) is 9.85. The van der Waals surface area contributed by atoms with Crippen molar-refractivity contribution in [2.24, 2.45) is 0 Å². The molecule has 0 heterocycles. The van der Waals surface area contributed by atoms with E-state index in [1.165, 1.54) is 16.7 Å². The summed E-state index contributed by atoms with van der Waals surface area (Å²) in [5, 5.41) is 3.65. The summed E-state index contributed by atoms with van der Waals surface area (Å²) in [4.78, 5) is 0. The minimum absolute atomic E-state index is 0.283. The lowest BCUT2D eigenvalue weighted by Gasteiger charge is -2.27. The molecule has 1 aromatic rings. The molecule has 19 heavy (non-hydrogen) atoms. The Balaban J connectivity index is 2.86. The number of hydrogen-bond donors (Lipinski definition) is 1. The Morgan fingerprint density at radius 1 is 1.16 bits per heavy atom. The average molecular weight is 263 g/mol. The highest BCUT2D eigenvalue weighted by Crippen LogP contribution is 2.18. The van der Waals surface area contributed by atoms with Gasteiger partial charge in [0.25, 0.3) is 0 Å². The number of benzene rings is 1. The van der Waals surface area contributed by atoms with E-state index in [2.05, 4.69) is 51.2 Å². The first-order valence-corrected chi connectivity index (χ1v) is 7.45. The Labute approximate surface area is 118 Å². The van der Waals surface area contributed by atoms with Crippen LogP contribution in [-0.2, 0) is 11.2 Å². The molecule has 1 aromatic carbocycles. The highest BCUT2D eigenvalue weighted by molar-refractivity contribution is 5.34. The third-order valence-corrected chi connectivity index (χ3v) is 3.88. The predicted molar refractivity (Wildman–Crippen MR) is 82.8 cm³/mol. The zero-order chi connectivity index (χ0) is 14.3. The van der Waals surface area contributed by atoms with Gasteiger partial charge in [0.05, 0.1) is 6.10 Å². The molecule has 0 radical (unpaired) electrons. The zero-order valence-electron chi connectivity index (χ0n) is 13.1. The molecule has 2 atom stereocenters. The number of methoxy groups -OCH3 is 1. The van der Waals surface area contributed by atoms with Crippen LogP contribution in [-0.4, -0.2) is 25.8 Å². The van der Waals surface area contributed by atoms with E-state index in [0.29, 0.717) is 6.04 Å². The number of hydrogen-bond acceptors (Lipinski definition) is 2. The van der Waals surface area contributed by atoms with Crippen LogP contribution in [0, 0.1) is 13.8 Å². The molecule has 1 rings (SSSR count). The molecule has 0 amide bonds. The summed E-state index contributed by atoms with van der Waals surface area (Å²) in [6, 6.07) is 6.94. The first kappa shape index (κ1) is 16.2. The largest absolute Gasteiger partial charge is 0.380 e. The van der Waals surface area contributed by atoms with E-state index in [1.807, 2.05) is 7.11 Å². The van der Waals surface area contributed by atoms with Crippen molar-refractivity contribution in [1.29, 1.82) is 0 Å². The summed E-state index contributed by atoms with van der Waals surface area (Å²) in [7, 11) is 1.82. The molecule has 0 saturated heterocycles. The number of nitrogens with one attached hydrogen (secondary N) is 1. The molecule has 0 aliphatic rings. The van der Waals surface area contributed by atoms with Gasteiger partial charge < -0.3 is 10.1 Å². The monoisotopic (exact) mass is 263 g/mol. The maximum absolute atomic E-state index is 5.65. The van der Waals surface area contributed by atoms with E-state index in [-0.39, 0.29) is 6.10 Å². The van der Waals surface area contributed by atoms with Gasteiger partial charge in [0.2, 0.25) is 0 Å². The Kier molecular flexibility index (Phi) is 7.11. The molecule has 0 aromatic heterocycles. The van der Waals surface area contributed by atoms with Crippen molar-refractivity contribution in [3.63, 3.8) is 0 Å². The quantitative estimate of drug-likeness (QED) is 0.773. The van der Waals surface area contributed by atoms with E-state index in [9.17, 15) is 0 Å². The lowest BCUT2D eigenvalue weighted by molar-refractivity contribution is 0.0652. The normalized spacial score (nSPS) is 14.4. The van der Waals surface area contributed by atoms with Gasteiger partial charge in [-0.05, 0) is 56.3 Å². The van der Waals surface area contributed by atoms with Gasteiger partial charge in [-0.1, -0.05) is 32.0 Å². The SMILES string of the molecule is CCCNC(Cc1c(C)cccc1C)C(CC)OC. The van der Waals surface area contributed by atoms with Crippen LogP contribution >= 0.6 is 0 Å². The van der Waals surface area contributed by atoms with Crippen LogP contribution in [0.2, 0.25) is 0 Å². The van der Waals surface area contributed by atoms with Gasteiger partial charge in [-0.3, -0.25) is 0 Å². The van der Waals surface area contributed by atoms with Gasteiger partial charge in [0.15, 0.2) is 0 Å². The maximum Gasteiger partial charge on any atom is 0.0724 e. The van der Waals surface area contributed by atoms with Gasteiger partial charge >= 0.3 is 0 Å². The van der Waals surface area contributed by atoms with Crippen LogP contribution in [0.3, 0.4) is 0 Å². The zero-order valence-corrected chi connectivity index (χ0v) is 13.1. The molecular weight excluding hydrogens is 234 g/mol. The summed E-state index contributed by atoms with van der Waals surface area (Å²) < 4.78 is 5.65. The van der Waals surface area contributed by atoms with E-state index >= 15 is 0 Å². The molecule has 0 aliphatic heterocycles. The van der Waals surface area contributed by atoms with E-state index < -0.39 is 0 Å². The van der Waals surface area contributed by atoms with Crippen molar-refractivity contribution in [2.75, 3.05) is 13.7 Å². The second-order valence-corrected chi connectivity index (χ2v) is 5.32. The van der Waals surface area contributed by atoms with Crippen molar-refractivity contribution >= 4 is 0 Å². The first-order chi connectivity index (χ1) is 9.13. The Morgan fingerprint density at radius 3 is 2.26 bits per heavy atom. The molecular formula is C17H29NO. The minimum Gasteiger partial charge on any atom is -0.380 e. The molecule has 1 N–H and O–H groups in total. The van der Waals surface area contributed by atoms with Crippen molar-refractivity contribution in [2.45, 2.75) is 59.1 Å². The first-order valence-electron chi connectivity index (χ1n) is 7.45. The van der Waals surface area contributed by atoms with Gasteiger partial charge in [-0.25, -0.2) is 0 Å². The fourth-order valence-electron chi connectivity index (χ4n) is 2.67. The number of ether oxygens (including phenoxy) is 1. The highest BCUT2D eigenvalue weighted by atomic mass is 16.5. The van der Waals surface area contributed by atoms with Crippen LogP contribution in [0.25, 0.3) is 0 Å². The average Bonchev–Trinajstić information content (AvgIpc) is 2.40. The molecule has 2 heteroatoms. The standard InChI is InChI=1S/C17H29NO/c1-6-11-18-16(17(7-2)19-5)12-15-13(3)9-8-10-14(15)4/h8-10,16-18H,6-7,11-12H2,1-5H3.